The minimum Gasteiger partial charge on any atom is -0.497 e. The van der Waals surface area contributed by atoms with Gasteiger partial charge in [-0.2, -0.15) is 0 Å². The average Bonchev–Trinajstić information content (AvgIpc) is 2.93. The summed E-state index contributed by atoms with van der Waals surface area (Å²) in [5.74, 6) is 0.909. The van der Waals surface area contributed by atoms with Gasteiger partial charge >= 0.3 is 0 Å². The minimum atomic E-state index is -0.298. The number of hydrogen-bond acceptors (Lipinski definition) is 7. The van der Waals surface area contributed by atoms with Crippen molar-refractivity contribution in [1.29, 1.82) is 0 Å². The van der Waals surface area contributed by atoms with Crippen molar-refractivity contribution in [3.05, 3.63) is 54.1 Å². The molecule has 2 aromatic carbocycles. The van der Waals surface area contributed by atoms with Crippen molar-refractivity contribution in [3.63, 3.8) is 0 Å². The van der Waals surface area contributed by atoms with E-state index in [1.54, 1.807) is 60.5 Å². The molecule has 0 spiro atoms. The number of methoxy groups -OCH3 is 1. The Morgan fingerprint density at radius 2 is 1.61 bits per heavy atom. The second kappa shape index (κ2) is 12.4. The maximum absolute atomic E-state index is 12.9. The summed E-state index contributed by atoms with van der Waals surface area (Å²) in [5.41, 5.74) is 1.18. The second-order valence-electron chi connectivity index (χ2n) is 8.65. The fourth-order valence-corrected chi connectivity index (χ4v) is 4.14. The molecular formula is C26H32N4O6. The highest BCUT2D eigenvalue weighted by atomic mass is 16.5. The number of anilines is 1. The van der Waals surface area contributed by atoms with Gasteiger partial charge in [0.05, 0.1) is 26.9 Å². The molecule has 1 N–H and O–H groups in total. The molecule has 0 bridgehead atoms. The van der Waals surface area contributed by atoms with Crippen molar-refractivity contribution < 1.29 is 28.6 Å². The van der Waals surface area contributed by atoms with Gasteiger partial charge in [-0.15, -0.1) is 0 Å². The summed E-state index contributed by atoms with van der Waals surface area (Å²) in [6.45, 7) is 5.14. The lowest BCUT2D eigenvalue weighted by atomic mass is 10.1. The summed E-state index contributed by atoms with van der Waals surface area (Å²) >= 11 is 0. The lowest BCUT2D eigenvalue weighted by Gasteiger charge is -2.36. The van der Waals surface area contributed by atoms with Crippen molar-refractivity contribution >= 4 is 23.4 Å². The van der Waals surface area contributed by atoms with Gasteiger partial charge in [-0.05, 0) is 36.4 Å². The van der Waals surface area contributed by atoms with E-state index in [1.807, 2.05) is 4.90 Å². The number of carbonyl (C=O) groups is 3. The summed E-state index contributed by atoms with van der Waals surface area (Å²) in [6.07, 6.45) is 0. The molecule has 2 fully saturated rings. The normalized spacial score (nSPS) is 16.4. The monoisotopic (exact) mass is 496 g/mol. The Kier molecular flexibility index (Phi) is 8.75. The zero-order valence-electron chi connectivity index (χ0n) is 20.5. The van der Waals surface area contributed by atoms with E-state index in [-0.39, 0.29) is 24.3 Å². The van der Waals surface area contributed by atoms with Gasteiger partial charge in [0.25, 0.3) is 11.8 Å². The molecule has 4 rings (SSSR count). The largest absolute Gasteiger partial charge is 0.497 e. The lowest BCUT2D eigenvalue weighted by Crippen LogP contribution is -2.52. The van der Waals surface area contributed by atoms with Gasteiger partial charge in [0, 0.05) is 56.6 Å². The highest BCUT2D eigenvalue weighted by Gasteiger charge is 2.25. The summed E-state index contributed by atoms with van der Waals surface area (Å²) in [4.78, 5) is 43.3. The van der Waals surface area contributed by atoms with Gasteiger partial charge < -0.3 is 29.3 Å². The van der Waals surface area contributed by atoms with Gasteiger partial charge in [-0.1, -0.05) is 6.07 Å². The Morgan fingerprint density at radius 3 is 2.31 bits per heavy atom. The van der Waals surface area contributed by atoms with Crippen molar-refractivity contribution in [2.24, 2.45) is 0 Å². The van der Waals surface area contributed by atoms with Crippen molar-refractivity contribution in [1.82, 2.24) is 14.7 Å². The van der Waals surface area contributed by atoms with Gasteiger partial charge in [-0.25, -0.2) is 0 Å². The van der Waals surface area contributed by atoms with Crippen LogP contribution >= 0.6 is 0 Å². The van der Waals surface area contributed by atoms with Crippen LogP contribution < -0.4 is 14.8 Å². The number of hydrogen-bond donors (Lipinski definition) is 1. The zero-order valence-corrected chi connectivity index (χ0v) is 20.5. The fourth-order valence-electron chi connectivity index (χ4n) is 4.14. The standard InChI is InChI=1S/C26H32N4O6/c1-34-23-4-2-3-21(17-23)27-24(31)19-36-22-7-5-20(6-8-22)26(33)30-11-9-28(10-12-30)18-25(32)29-13-15-35-16-14-29/h2-8,17H,9-16,18-19H2,1H3,(H,27,31). The molecule has 2 saturated heterocycles. The summed E-state index contributed by atoms with van der Waals surface area (Å²) < 4.78 is 16.0. The molecule has 2 aromatic rings. The van der Waals surface area contributed by atoms with Crippen LogP contribution in [0.2, 0.25) is 0 Å². The van der Waals surface area contributed by atoms with E-state index in [9.17, 15) is 14.4 Å². The van der Waals surface area contributed by atoms with Crippen molar-refractivity contribution in [2.45, 2.75) is 0 Å². The highest BCUT2D eigenvalue weighted by Crippen LogP contribution is 2.18. The van der Waals surface area contributed by atoms with E-state index in [2.05, 4.69) is 10.2 Å². The van der Waals surface area contributed by atoms with Crippen LogP contribution in [0.4, 0.5) is 5.69 Å². The Balaban J connectivity index is 1.20. The number of benzene rings is 2. The molecule has 10 heteroatoms. The highest BCUT2D eigenvalue weighted by molar-refractivity contribution is 5.94. The molecule has 2 heterocycles. The van der Waals surface area contributed by atoms with E-state index in [4.69, 9.17) is 14.2 Å². The number of amides is 3. The van der Waals surface area contributed by atoms with Crippen LogP contribution in [0.5, 0.6) is 11.5 Å². The van der Waals surface area contributed by atoms with E-state index >= 15 is 0 Å². The summed E-state index contributed by atoms with van der Waals surface area (Å²) in [6, 6.07) is 13.8. The number of piperazine rings is 1. The van der Waals surface area contributed by atoms with Crippen molar-refractivity contribution in [2.75, 3.05) is 78.1 Å². The lowest BCUT2D eigenvalue weighted by molar-refractivity contribution is -0.136. The predicted octanol–water partition coefficient (Wildman–Crippen LogP) is 1.33. The first kappa shape index (κ1) is 25.5. The predicted molar refractivity (Wildman–Crippen MR) is 133 cm³/mol. The van der Waals surface area contributed by atoms with E-state index < -0.39 is 0 Å². The molecule has 3 amide bonds. The van der Waals surface area contributed by atoms with E-state index in [0.717, 1.165) is 0 Å². The molecule has 0 aliphatic carbocycles. The summed E-state index contributed by atoms with van der Waals surface area (Å²) in [7, 11) is 1.56. The molecule has 192 valence electrons. The Labute approximate surface area is 210 Å². The molecule has 10 nitrogen and oxygen atoms in total. The fraction of sp³-hybridized carbons (Fsp3) is 0.423. The first-order chi connectivity index (χ1) is 17.5. The van der Waals surface area contributed by atoms with Crippen LogP contribution in [0, 0.1) is 0 Å². The molecule has 2 aliphatic rings. The van der Waals surface area contributed by atoms with Gasteiger partial charge in [0.1, 0.15) is 11.5 Å². The van der Waals surface area contributed by atoms with Crippen LogP contribution in [0.15, 0.2) is 48.5 Å². The Hall–Kier alpha value is -3.63. The van der Waals surface area contributed by atoms with Crippen LogP contribution in [-0.2, 0) is 14.3 Å². The van der Waals surface area contributed by atoms with Crippen LogP contribution in [0.1, 0.15) is 10.4 Å². The van der Waals surface area contributed by atoms with E-state index in [0.29, 0.717) is 81.8 Å². The number of nitrogens with one attached hydrogen (secondary N) is 1. The summed E-state index contributed by atoms with van der Waals surface area (Å²) in [5, 5.41) is 2.76. The first-order valence-corrected chi connectivity index (χ1v) is 12.1. The smallest absolute Gasteiger partial charge is 0.262 e. The number of morpholine rings is 1. The number of carbonyl (C=O) groups excluding carboxylic acids is 3. The molecular weight excluding hydrogens is 464 g/mol. The third-order valence-electron chi connectivity index (χ3n) is 6.21. The quantitative estimate of drug-likeness (QED) is 0.589. The van der Waals surface area contributed by atoms with Gasteiger partial charge in [-0.3, -0.25) is 19.3 Å². The molecule has 0 unspecified atom stereocenters. The number of ether oxygens (including phenoxy) is 3. The first-order valence-electron chi connectivity index (χ1n) is 12.1. The number of nitrogens with zero attached hydrogens (tertiary/aromatic N) is 3. The Morgan fingerprint density at radius 1 is 0.889 bits per heavy atom. The van der Waals surface area contributed by atoms with Crippen molar-refractivity contribution in [3.8, 4) is 11.5 Å². The van der Waals surface area contributed by atoms with Crippen LogP contribution in [-0.4, -0.2) is 105 Å². The van der Waals surface area contributed by atoms with E-state index in [1.165, 1.54) is 0 Å². The molecule has 0 atom stereocenters. The zero-order chi connectivity index (χ0) is 25.3. The molecule has 36 heavy (non-hydrogen) atoms. The van der Waals surface area contributed by atoms with Gasteiger partial charge in [0.2, 0.25) is 5.91 Å². The molecule has 2 aliphatic heterocycles. The molecule has 0 radical (unpaired) electrons. The molecule has 0 saturated carbocycles. The Bertz CT molecular complexity index is 1050. The maximum Gasteiger partial charge on any atom is 0.262 e. The SMILES string of the molecule is COc1cccc(NC(=O)COc2ccc(C(=O)N3CCN(CC(=O)N4CCOCC4)CC3)cc2)c1. The minimum absolute atomic E-state index is 0.0588. The second-order valence-corrected chi connectivity index (χ2v) is 8.65. The van der Waals surface area contributed by atoms with Gasteiger partial charge in [0.15, 0.2) is 6.61 Å². The third kappa shape index (κ3) is 6.96. The van der Waals surface area contributed by atoms with Crippen LogP contribution in [0.3, 0.4) is 0 Å². The maximum atomic E-state index is 12.9. The third-order valence-corrected chi connectivity index (χ3v) is 6.21. The molecule has 0 aromatic heterocycles. The average molecular weight is 497 g/mol. The number of rotatable bonds is 8. The van der Waals surface area contributed by atoms with Crippen LogP contribution in [0.25, 0.3) is 0 Å². The topological polar surface area (TPSA) is 101 Å².